The first kappa shape index (κ1) is 13.8. The second kappa shape index (κ2) is 6.10. The maximum Gasteiger partial charge on any atom is 0.165 e. The second-order valence-electron chi connectivity index (χ2n) is 5.85. The van der Waals surface area contributed by atoms with Gasteiger partial charge in [-0.2, -0.15) is 0 Å². The third kappa shape index (κ3) is 2.81. The summed E-state index contributed by atoms with van der Waals surface area (Å²) in [6.07, 6.45) is 5.07. The van der Waals surface area contributed by atoms with Gasteiger partial charge in [-0.3, -0.25) is 4.90 Å². The van der Waals surface area contributed by atoms with Crippen molar-refractivity contribution in [2.45, 2.75) is 44.3 Å². The van der Waals surface area contributed by atoms with Crippen LogP contribution < -0.4 is 10.1 Å². The number of likely N-dealkylation sites (tertiary alicyclic amines) is 1. The molecule has 0 bridgehead atoms. The maximum absolute atomic E-state index is 13.8. The molecule has 0 aliphatic carbocycles. The van der Waals surface area contributed by atoms with Crippen LogP contribution in [0.3, 0.4) is 0 Å². The van der Waals surface area contributed by atoms with Gasteiger partial charge in [0.15, 0.2) is 11.6 Å². The molecule has 0 amide bonds. The Morgan fingerprint density at radius 3 is 2.95 bits per heavy atom. The van der Waals surface area contributed by atoms with Crippen molar-refractivity contribution >= 4 is 0 Å². The minimum atomic E-state index is -0.264. The molecule has 1 N–H and O–H groups in total. The van der Waals surface area contributed by atoms with Crippen LogP contribution in [-0.2, 0) is 6.54 Å². The zero-order valence-electron chi connectivity index (χ0n) is 12.1. The van der Waals surface area contributed by atoms with Gasteiger partial charge in [-0.1, -0.05) is 6.07 Å². The van der Waals surface area contributed by atoms with Crippen molar-refractivity contribution in [3.8, 4) is 5.75 Å². The van der Waals surface area contributed by atoms with E-state index < -0.39 is 0 Å². The molecule has 2 fully saturated rings. The predicted octanol–water partition coefficient (Wildman–Crippen LogP) is 2.55. The molecule has 1 aromatic rings. The number of hydrogen-bond donors (Lipinski definition) is 1. The Balaban J connectivity index is 1.68. The standard InChI is InChI=1S/C16H23FN2O/c1-20-16-7-6-12(10-13(16)17)11-19-9-3-5-15(19)14-4-2-8-18-14/h6-7,10,14-15,18H,2-5,8-9,11H2,1H3. The molecule has 2 heterocycles. The van der Waals surface area contributed by atoms with Gasteiger partial charge in [-0.05, 0) is 56.5 Å². The van der Waals surface area contributed by atoms with Gasteiger partial charge in [0.05, 0.1) is 7.11 Å². The maximum atomic E-state index is 13.8. The fourth-order valence-electron chi connectivity index (χ4n) is 3.59. The van der Waals surface area contributed by atoms with Crippen LogP contribution in [-0.4, -0.2) is 37.2 Å². The average Bonchev–Trinajstić information content (AvgIpc) is 3.09. The van der Waals surface area contributed by atoms with E-state index in [9.17, 15) is 4.39 Å². The van der Waals surface area contributed by atoms with Crippen LogP contribution in [0.1, 0.15) is 31.2 Å². The van der Waals surface area contributed by atoms with Gasteiger partial charge >= 0.3 is 0 Å². The Hall–Kier alpha value is -1.13. The van der Waals surface area contributed by atoms with Crippen molar-refractivity contribution < 1.29 is 9.13 Å². The summed E-state index contributed by atoms with van der Waals surface area (Å²) in [7, 11) is 1.50. The van der Waals surface area contributed by atoms with Crippen LogP contribution in [0.5, 0.6) is 5.75 Å². The highest BCUT2D eigenvalue weighted by Crippen LogP contribution is 2.27. The van der Waals surface area contributed by atoms with Gasteiger partial charge in [-0.25, -0.2) is 4.39 Å². The van der Waals surface area contributed by atoms with E-state index in [0.717, 1.165) is 25.2 Å². The lowest BCUT2D eigenvalue weighted by atomic mass is 10.0. The smallest absolute Gasteiger partial charge is 0.165 e. The lowest BCUT2D eigenvalue weighted by Gasteiger charge is -2.29. The first-order valence-electron chi connectivity index (χ1n) is 7.58. The van der Waals surface area contributed by atoms with Crippen LogP contribution in [0.2, 0.25) is 0 Å². The first-order chi connectivity index (χ1) is 9.78. The lowest BCUT2D eigenvalue weighted by molar-refractivity contribution is 0.206. The van der Waals surface area contributed by atoms with Crippen molar-refractivity contribution in [2.24, 2.45) is 0 Å². The number of rotatable bonds is 4. The van der Waals surface area contributed by atoms with Crippen molar-refractivity contribution in [1.82, 2.24) is 10.2 Å². The average molecular weight is 278 g/mol. The Kier molecular flexibility index (Phi) is 4.22. The van der Waals surface area contributed by atoms with Crippen LogP contribution in [0, 0.1) is 5.82 Å². The molecular formula is C16H23FN2O. The molecule has 0 spiro atoms. The van der Waals surface area contributed by atoms with E-state index in [1.807, 2.05) is 6.07 Å². The van der Waals surface area contributed by atoms with Gasteiger partial charge in [0.2, 0.25) is 0 Å². The molecule has 2 atom stereocenters. The molecule has 110 valence electrons. The van der Waals surface area contributed by atoms with Crippen LogP contribution >= 0.6 is 0 Å². The quantitative estimate of drug-likeness (QED) is 0.916. The second-order valence-corrected chi connectivity index (χ2v) is 5.85. The summed E-state index contributed by atoms with van der Waals surface area (Å²) >= 11 is 0. The van der Waals surface area contributed by atoms with Crippen molar-refractivity contribution in [1.29, 1.82) is 0 Å². The van der Waals surface area contributed by atoms with E-state index in [1.165, 1.54) is 32.8 Å². The van der Waals surface area contributed by atoms with Gasteiger partial charge in [0, 0.05) is 18.6 Å². The largest absolute Gasteiger partial charge is 0.494 e. The normalized spacial score (nSPS) is 27.1. The minimum absolute atomic E-state index is 0.264. The van der Waals surface area contributed by atoms with Gasteiger partial charge in [0.1, 0.15) is 0 Å². The molecule has 0 aromatic heterocycles. The summed E-state index contributed by atoms with van der Waals surface area (Å²) in [6, 6.07) is 6.54. The number of nitrogens with zero attached hydrogens (tertiary/aromatic N) is 1. The number of benzene rings is 1. The van der Waals surface area contributed by atoms with Crippen molar-refractivity contribution in [3.05, 3.63) is 29.6 Å². The number of methoxy groups -OCH3 is 1. The third-order valence-electron chi connectivity index (χ3n) is 4.58. The highest BCUT2D eigenvalue weighted by molar-refractivity contribution is 5.29. The Labute approximate surface area is 120 Å². The molecule has 2 saturated heterocycles. The number of nitrogens with one attached hydrogen (secondary N) is 1. The predicted molar refractivity (Wildman–Crippen MR) is 77.4 cm³/mol. The van der Waals surface area contributed by atoms with E-state index in [4.69, 9.17) is 4.74 Å². The van der Waals surface area contributed by atoms with E-state index in [-0.39, 0.29) is 5.82 Å². The highest BCUT2D eigenvalue weighted by atomic mass is 19.1. The summed E-state index contributed by atoms with van der Waals surface area (Å²) < 4.78 is 18.7. The summed E-state index contributed by atoms with van der Waals surface area (Å²) in [5, 5.41) is 3.61. The van der Waals surface area contributed by atoms with Crippen LogP contribution in [0.4, 0.5) is 4.39 Å². The summed E-state index contributed by atoms with van der Waals surface area (Å²) in [6.45, 7) is 3.10. The molecule has 1 aromatic carbocycles. The SMILES string of the molecule is COc1ccc(CN2CCCC2C2CCCN2)cc1F. The summed E-state index contributed by atoms with van der Waals surface area (Å²) in [5.41, 5.74) is 1.04. The molecular weight excluding hydrogens is 255 g/mol. The fourth-order valence-corrected chi connectivity index (χ4v) is 3.59. The van der Waals surface area contributed by atoms with Crippen molar-refractivity contribution in [2.75, 3.05) is 20.2 Å². The molecule has 2 unspecified atom stereocenters. The fraction of sp³-hybridized carbons (Fsp3) is 0.625. The summed E-state index contributed by atoms with van der Waals surface area (Å²) in [4.78, 5) is 2.50. The molecule has 4 heteroatoms. The molecule has 3 rings (SSSR count). The molecule has 2 aliphatic rings. The van der Waals surface area contributed by atoms with Gasteiger partial charge < -0.3 is 10.1 Å². The molecule has 0 saturated carbocycles. The van der Waals surface area contributed by atoms with Gasteiger partial charge in [-0.15, -0.1) is 0 Å². The van der Waals surface area contributed by atoms with E-state index >= 15 is 0 Å². The lowest BCUT2D eigenvalue weighted by Crippen LogP contribution is -2.43. The van der Waals surface area contributed by atoms with Crippen molar-refractivity contribution in [3.63, 3.8) is 0 Å². The number of hydrogen-bond acceptors (Lipinski definition) is 3. The van der Waals surface area contributed by atoms with Gasteiger partial charge in [0.25, 0.3) is 0 Å². The molecule has 2 aliphatic heterocycles. The highest BCUT2D eigenvalue weighted by Gasteiger charge is 2.32. The zero-order valence-corrected chi connectivity index (χ0v) is 12.1. The van der Waals surface area contributed by atoms with Crippen LogP contribution in [0.15, 0.2) is 18.2 Å². The zero-order chi connectivity index (χ0) is 13.9. The van der Waals surface area contributed by atoms with Crippen LogP contribution in [0.25, 0.3) is 0 Å². The number of ether oxygens (including phenoxy) is 1. The first-order valence-corrected chi connectivity index (χ1v) is 7.58. The Bertz CT molecular complexity index is 460. The Morgan fingerprint density at radius 2 is 2.25 bits per heavy atom. The minimum Gasteiger partial charge on any atom is -0.494 e. The number of halogens is 1. The topological polar surface area (TPSA) is 24.5 Å². The Morgan fingerprint density at radius 1 is 1.35 bits per heavy atom. The third-order valence-corrected chi connectivity index (χ3v) is 4.58. The van der Waals surface area contributed by atoms with E-state index in [0.29, 0.717) is 17.8 Å². The monoisotopic (exact) mass is 278 g/mol. The summed E-state index contributed by atoms with van der Waals surface area (Å²) in [5.74, 6) is 0.0592. The molecule has 0 radical (unpaired) electrons. The molecule has 3 nitrogen and oxygen atoms in total. The van der Waals surface area contributed by atoms with E-state index in [1.54, 1.807) is 12.1 Å². The van der Waals surface area contributed by atoms with E-state index in [2.05, 4.69) is 10.2 Å². The molecule has 20 heavy (non-hydrogen) atoms.